The second-order valence-electron chi connectivity index (χ2n) is 3.46. The summed E-state index contributed by atoms with van der Waals surface area (Å²) in [5.41, 5.74) is 0.465. The Morgan fingerprint density at radius 1 is 1.71 bits per heavy atom. The SMILES string of the molecule is CC=C1C(=O)N2C(C(=O)O)=C([S+]([O-])CC)S[C@H]12. The van der Waals surface area contributed by atoms with E-state index in [-0.39, 0.29) is 17.0 Å². The number of hydrogen-bond acceptors (Lipinski definition) is 4. The number of aliphatic carboxylic acids is 1. The van der Waals surface area contributed by atoms with Crippen molar-refractivity contribution < 1.29 is 19.2 Å². The van der Waals surface area contributed by atoms with Gasteiger partial charge in [0.1, 0.15) is 11.1 Å². The van der Waals surface area contributed by atoms with Gasteiger partial charge in [0.2, 0.25) is 4.24 Å². The van der Waals surface area contributed by atoms with E-state index in [1.807, 2.05) is 0 Å². The zero-order valence-electron chi connectivity index (χ0n) is 9.30. The van der Waals surface area contributed by atoms with Crippen LogP contribution in [0.15, 0.2) is 21.6 Å². The molecular weight excluding hydrogens is 262 g/mol. The Balaban J connectivity index is 2.40. The molecule has 1 unspecified atom stereocenters. The molecule has 0 aliphatic carbocycles. The van der Waals surface area contributed by atoms with Crippen LogP contribution in [0.1, 0.15) is 13.8 Å². The number of carboxylic acids is 1. The van der Waals surface area contributed by atoms with Gasteiger partial charge >= 0.3 is 5.97 Å². The fourth-order valence-corrected chi connectivity index (χ4v) is 4.65. The van der Waals surface area contributed by atoms with Crippen molar-refractivity contribution >= 4 is 34.8 Å². The quantitative estimate of drug-likeness (QED) is 0.469. The fraction of sp³-hybridized carbons (Fsp3) is 0.400. The molecule has 1 saturated heterocycles. The number of allylic oxidation sites excluding steroid dienone is 1. The van der Waals surface area contributed by atoms with E-state index >= 15 is 0 Å². The topological polar surface area (TPSA) is 80.7 Å². The second-order valence-corrected chi connectivity index (χ2v) is 6.49. The van der Waals surface area contributed by atoms with Crippen molar-refractivity contribution in [1.29, 1.82) is 0 Å². The maximum atomic E-state index is 11.8. The normalized spacial score (nSPS) is 27.2. The largest absolute Gasteiger partial charge is 0.611 e. The summed E-state index contributed by atoms with van der Waals surface area (Å²) in [7, 11) is 0. The first-order valence-electron chi connectivity index (χ1n) is 5.05. The van der Waals surface area contributed by atoms with Crippen molar-refractivity contribution in [3.05, 3.63) is 21.6 Å². The molecule has 5 nitrogen and oxygen atoms in total. The van der Waals surface area contributed by atoms with E-state index in [9.17, 15) is 14.1 Å². The minimum absolute atomic E-state index is 0.115. The number of thioether (sulfide) groups is 1. The van der Waals surface area contributed by atoms with Gasteiger partial charge in [-0.1, -0.05) is 6.08 Å². The number of carbonyl (C=O) groups is 2. The lowest BCUT2D eigenvalue weighted by atomic mass is 10.1. The lowest BCUT2D eigenvalue weighted by Crippen LogP contribution is -2.51. The van der Waals surface area contributed by atoms with E-state index < -0.39 is 17.1 Å². The van der Waals surface area contributed by atoms with E-state index in [1.165, 1.54) is 16.7 Å². The molecule has 0 aromatic heterocycles. The first kappa shape index (κ1) is 12.5. The fourth-order valence-electron chi connectivity index (χ4n) is 1.76. The van der Waals surface area contributed by atoms with Crippen LogP contribution in [0.4, 0.5) is 0 Å². The molecule has 17 heavy (non-hydrogen) atoms. The number of nitrogens with zero attached hydrogens (tertiary/aromatic N) is 1. The van der Waals surface area contributed by atoms with Crippen LogP contribution in [0.3, 0.4) is 0 Å². The minimum atomic E-state index is -1.35. The maximum Gasteiger partial charge on any atom is 0.358 e. The Labute approximate surface area is 106 Å². The molecule has 2 heterocycles. The summed E-state index contributed by atoms with van der Waals surface area (Å²) in [6, 6.07) is 0. The lowest BCUT2D eigenvalue weighted by Gasteiger charge is -2.36. The van der Waals surface area contributed by atoms with Gasteiger partial charge in [-0.2, -0.15) is 0 Å². The van der Waals surface area contributed by atoms with Crippen molar-refractivity contribution in [3.8, 4) is 0 Å². The van der Waals surface area contributed by atoms with E-state index in [4.69, 9.17) is 5.11 Å². The standard InChI is InChI=1S/C10H11NO4S2/c1-3-5-7(12)11-6(9(13)14)10(16-8(5)11)17(15)4-2/h3,8H,4H2,1-2H3,(H,13,14)/t8-,17?/m1/s1. The highest BCUT2D eigenvalue weighted by atomic mass is 32.3. The molecule has 1 N–H and O–H groups in total. The number of β-lactam (4-membered cyclic amide) rings is 1. The summed E-state index contributed by atoms with van der Waals surface area (Å²) in [5.74, 6) is -1.15. The van der Waals surface area contributed by atoms with E-state index in [0.29, 0.717) is 15.6 Å². The number of rotatable bonds is 3. The Bertz CT molecular complexity index is 457. The third-order valence-electron chi connectivity index (χ3n) is 2.60. The summed E-state index contributed by atoms with van der Waals surface area (Å²) in [6.07, 6.45) is 1.67. The van der Waals surface area contributed by atoms with Crippen LogP contribution >= 0.6 is 11.8 Å². The summed E-state index contributed by atoms with van der Waals surface area (Å²) in [6.45, 7) is 3.46. The van der Waals surface area contributed by atoms with Crippen LogP contribution in [-0.2, 0) is 20.8 Å². The number of hydrogen-bond donors (Lipinski definition) is 1. The zero-order valence-corrected chi connectivity index (χ0v) is 10.9. The number of carboxylic acid groups (broad SMARTS) is 1. The summed E-state index contributed by atoms with van der Waals surface area (Å²) < 4.78 is 12.1. The average molecular weight is 273 g/mol. The van der Waals surface area contributed by atoms with Crippen LogP contribution < -0.4 is 0 Å². The van der Waals surface area contributed by atoms with Gasteiger partial charge in [-0.15, -0.1) is 0 Å². The molecular formula is C10H11NO4S2. The predicted molar refractivity (Wildman–Crippen MR) is 65.3 cm³/mol. The molecule has 7 heteroatoms. The molecule has 2 aliphatic heterocycles. The zero-order chi connectivity index (χ0) is 12.7. The highest BCUT2D eigenvalue weighted by Gasteiger charge is 2.55. The van der Waals surface area contributed by atoms with Crippen LogP contribution in [0.2, 0.25) is 0 Å². The summed E-state index contributed by atoms with van der Waals surface area (Å²) in [4.78, 5) is 24.1. The van der Waals surface area contributed by atoms with E-state index in [2.05, 4.69) is 0 Å². The van der Waals surface area contributed by atoms with Crippen molar-refractivity contribution in [1.82, 2.24) is 4.90 Å². The van der Waals surface area contributed by atoms with Gasteiger partial charge in [-0.05, 0) is 36.8 Å². The van der Waals surface area contributed by atoms with Crippen LogP contribution in [0, 0.1) is 0 Å². The molecule has 92 valence electrons. The number of fused-ring (bicyclic) bond motifs is 1. The first-order valence-corrected chi connectivity index (χ1v) is 7.25. The molecule has 2 aliphatic rings. The predicted octanol–water partition coefficient (Wildman–Crippen LogP) is 0.870. The van der Waals surface area contributed by atoms with Crippen LogP contribution in [-0.4, -0.2) is 37.6 Å². The highest BCUT2D eigenvalue weighted by molar-refractivity contribution is 8.19. The number of amides is 1. The highest BCUT2D eigenvalue weighted by Crippen LogP contribution is 2.50. The number of carbonyl (C=O) groups excluding carboxylic acids is 1. The first-order chi connectivity index (χ1) is 8.02. The maximum absolute atomic E-state index is 11.8. The van der Waals surface area contributed by atoms with Crippen LogP contribution in [0.25, 0.3) is 0 Å². The van der Waals surface area contributed by atoms with Gasteiger partial charge in [-0.3, -0.25) is 9.69 Å². The monoisotopic (exact) mass is 273 g/mol. The van der Waals surface area contributed by atoms with Gasteiger partial charge in [0.05, 0.1) is 0 Å². The van der Waals surface area contributed by atoms with Crippen molar-refractivity contribution in [2.75, 3.05) is 5.75 Å². The second kappa shape index (κ2) is 4.40. The molecule has 0 spiro atoms. The molecule has 0 radical (unpaired) electrons. The van der Waals surface area contributed by atoms with Crippen molar-refractivity contribution in [3.63, 3.8) is 0 Å². The van der Waals surface area contributed by atoms with Gasteiger partial charge in [-0.25, -0.2) is 4.79 Å². The Morgan fingerprint density at radius 3 is 2.82 bits per heavy atom. The average Bonchev–Trinajstić information content (AvgIpc) is 2.64. The van der Waals surface area contributed by atoms with Gasteiger partial charge < -0.3 is 9.66 Å². The molecule has 1 amide bonds. The van der Waals surface area contributed by atoms with E-state index in [0.717, 1.165) is 0 Å². The van der Waals surface area contributed by atoms with Gasteiger partial charge in [0.15, 0.2) is 5.70 Å². The third-order valence-corrected chi connectivity index (χ3v) is 5.67. The smallest absolute Gasteiger partial charge is 0.358 e. The summed E-state index contributed by atoms with van der Waals surface area (Å²) in [5, 5.41) is 8.81. The third kappa shape index (κ3) is 1.69. The van der Waals surface area contributed by atoms with Gasteiger partial charge in [0.25, 0.3) is 5.91 Å². The van der Waals surface area contributed by atoms with Crippen molar-refractivity contribution in [2.24, 2.45) is 0 Å². The lowest BCUT2D eigenvalue weighted by molar-refractivity contribution is -0.141. The Hall–Kier alpha value is -0.920. The molecule has 2 rings (SSSR count). The molecule has 0 saturated carbocycles. The van der Waals surface area contributed by atoms with E-state index in [1.54, 1.807) is 19.9 Å². The van der Waals surface area contributed by atoms with Crippen LogP contribution in [0.5, 0.6) is 0 Å². The molecule has 0 aromatic rings. The summed E-state index contributed by atoms with van der Waals surface area (Å²) >= 11 is -0.144. The molecule has 1 fully saturated rings. The van der Waals surface area contributed by atoms with Crippen molar-refractivity contribution in [2.45, 2.75) is 19.2 Å². The Kier molecular flexibility index (Phi) is 3.24. The Morgan fingerprint density at radius 2 is 2.35 bits per heavy atom. The molecule has 0 bridgehead atoms. The molecule has 0 aromatic carbocycles. The molecule has 2 atom stereocenters. The minimum Gasteiger partial charge on any atom is -0.611 e. The van der Waals surface area contributed by atoms with Gasteiger partial charge in [0, 0.05) is 5.57 Å².